The minimum atomic E-state index is -1.05. The van der Waals surface area contributed by atoms with Gasteiger partial charge in [-0.2, -0.15) is 0 Å². The van der Waals surface area contributed by atoms with Gasteiger partial charge in [0.25, 0.3) is 0 Å². The van der Waals surface area contributed by atoms with E-state index in [1.54, 1.807) is 37.3 Å². The van der Waals surface area contributed by atoms with Crippen LogP contribution in [0.3, 0.4) is 0 Å². The van der Waals surface area contributed by atoms with Gasteiger partial charge in [0.1, 0.15) is 11.8 Å². The molecule has 8 nitrogen and oxygen atoms in total. The van der Waals surface area contributed by atoms with Crippen LogP contribution in [0.15, 0.2) is 53.1 Å². The summed E-state index contributed by atoms with van der Waals surface area (Å²) in [5.74, 6) is -0.325. The minimum absolute atomic E-state index is 0.109. The Morgan fingerprint density at radius 3 is 2.22 bits per heavy atom. The molecule has 3 aromatic rings. The van der Waals surface area contributed by atoms with Crippen molar-refractivity contribution in [2.75, 3.05) is 10.2 Å². The Hall–Kier alpha value is -3.65. The highest BCUT2D eigenvalue weighted by atomic mass is 35.5. The van der Waals surface area contributed by atoms with Crippen molar-refractivity contribution >= 4 is 40.8 Å². The topological polar surface area (TPSA) is 105 Å². The van der Waals surface area contributed by atoms with Crippen LogP contribution >= 0.6 is 11.6 Å². The molecule has 0 radical (unpaired) electrons. The molecule has 3 rings (SSSR count). The smallest absolute Gasteiger partial charge is 0.248 e. The number of para-hydroxylation sites is 1. The van der Waals surface area contributed by atoms with Crippen LogP contribution in [-0.4, -0.2) is 28.4 Å². The minimum Gasteiger partial charge on any atom is -0.360 e. The molecule has 1 aromatic heterocycles. The molecule has 1 unspecified atom stereocenters. The fraction of sp³-hybridized carbons (Fsp3) is 0.357. The number of amides is 3. The van der Waals surface area contributed by atoms with Crippen molar-refractivity contribution in [1.82, 2.24) is 10.5 Å². The second kappa shape index (κ2) is 11.6. The van der Waals surface area contributed by atoms with E-state index < -0.39 is 23.4 Å². The lowest BCUT2D eigenvalue weighted by Crippen LogP contribution is -2.50. The summed E-state index contributed by atoms with van der Waals surface area (Å²) in [7, 11) is 0. The number of hydrogen-bond acceptors (Lipinski definition) is 5. The highest BCUT2D eigenvalue weighted by molar-refractivity contribution is 6.31. The molecule has 1 heterocycles. The number of nitrogens with one attached hydrogen (secondary N) is 2. The van der Waals surface area contributed by atoms with Crippen molar-refractivity contribution in [2.45, 2.75) is 66.0 Å². The van der Waals surface area contributed by atoms with Crippen molar-refractivity contribution in [2.24, 2.45) is 0 Å². The van der Waals surface area contributed by atoms with Crippen molar-refractivity contribution in [1.29, 1.82) is 0 Å². The molecule has 0 aliphatic rings. The van der Waals surface area contributed by atoms with E-state index in [2.05, 4.69) is 15.8 Å². The molecule has 0 saturated heterocycles. The number of nitrogens with zero attached hydrogens (tertiary/aromatic N) is 2. The summed E-state index contributed by atoms with van der Waals surface area (Å²) in [6.07, 6.45) is -0.248. The first-order valence-corrected chi connectivity index (χ1v) is 12.4. The fourth-order valence-corrected chi connectivity index (χ4v) is 4.33. The van der Waals surface area contributed by atoms with Gasteiger partial charge < -0.3 is 15.2 Å². The van der Waals surface area contributed by atoms with E-state index in [0.717, 1.165) is 11.1 Å². The second-order valence-corrected chi connectivity index (χ2v) is 10.4. The van der Waals surface area contributed by atoms with Gasteiger partial charge in [-0.3, -0.25) is 19.3 Å². The third-order valence-corrected chi connectivity index (χ3v) is 5.96. The number of aromatic nitrogens is 1. The van der Waals surface area contributed by atoms with Gasteiger partial charge >= 0.3 is 0 Å². The zero-order valence-electron chi connectivity index (χ0n) is 22.0. The molecular weight excluding hydrogens is 492 g/mol. The summed E-state index contributed by atoms with van der Waals surface area (Å²) in [6.45, 7) is 11.1. The number of hydrogen-bond donors (Lipinski definition) is 2. The van der Waals surface area contributed by atoms with Crippen LogP contribution in [0.1, 0.15) is 62.1 Å². The van der Waals surface area contributed by atoms with Crippen molar-refractivity contribution < 1.29 is 18.9 Å². The molecule has 0 aliphatic carbocycles. The Bertz CT molecular complexity index is 1280. The Labute approximate surface area is 222 Å². The van der Waals surface area contributed by atoms with Gasteiger partial charge in [0, 0.05) is 35.0 Å². The fourth-order valence-electron chi connectivity index (χ4n) is 4.09. The molecule has 3 amide bonds. The number of anilines is 2. The largest absolute Gasteiger partial charge is 0.360 e. The third kappa shape index (κ3) is 7.20. The van der Waals surface area contributed by atoms with E-state index in [1.807, 2.05) is 52.8 Å². The summed E-state index contributed by atoms with van der Waals surface area (Å²) in [5.41, 5.74) is 2.17. The van der Waals surface area contributed by atoms with Crippen LogP contribution in [0.2, 0.25) is 5.02 Å². The highest BCUT2D eigenvalue weighted by Gasteiger charge is 2.36. The molecular formula is C28H33ClN4O4. The molecule has 196 valence electrons. The summed E-state index contributed by atoms with van der Waals surface area (Å²) in [4.78, 5) is 41.7. The molecule has 2 aromatic carbocycles. The van der Waals surface area contributed by atoms with Crippen molar-refractivity contribution in [3.8, 4) is 0 Å². The van der Waals surface area contributed by atoms with E-state index in [1.165, 1.54) is 4.90 Å². The summed E-state index contributed by atoms with van der Waals surface area (Å²) < 4.78 is 4.97. The second-order valence-electron chi connectivity index (χ2n) is 10.0. The van der Waals surface area contributed by atoms with Crippen molar-refractivity contribution in [3.63, 3.8) is 0 Å². The zero-order chi connectivity index (χ0) is 27.3. The summed E-state index contributed by atoms with van der Waals surface area (Å²) in [5, 5.41) is 9.74. The molecule has 1 atom stereocenters. The van der Waals surface area contributed by atoms with E-state index in [-0.39, 0.29) is 24.6 Å². The predicted octanol–water partition coefficient (Wildman–Crippen LogP) is 5.66. The quantitative estimate of drug-likeness (QED) is 0.395. The first-order valence-electron chi connectivity index (χ1n) is 12.1. The maximum atomic E-state index is 13.9. The maximum Gasteiger partial charge on any atom is 0.248 e. The van der Waals surface area contributed by atoms with Gasteiger partial charge in [-0.1, -0.05) is 53.2 Å². The van der Waals surface area contributed by atoms with Crippen LogP contribution in [0, 0.1) is 20.8 Å². The lowest BCUT2D eigenvalue weighted by molar-refractivity contribution is -0.128. The monoisotopic (exact) mass is 524 g/mol. The number of halogens is 1. The summed E-state index contributed by atoms with van der Waals surface area (Å²) >= 11 is 6.57. The Kier molecular flexibility index (Phi) is 8.76. The number of carbonyl (C=O) groups is 3. The van der Waals surface area contributed by atoms with E-state index in [4.69, 9.17) is 16.1 Å². The zero-order valence-corrected chi connectivity index (χ0v) is 22.8. The SMILES string of the molecule is Cc1cc(NC(=O)CCC(=O)N(c2c(C)cccc2C)C(C(=O)NC(C)(C)C)c2ccccc2Cl)no1. The lowest BCUT2D eigenvalue weighted by atomic mass is 9.98. The van der Waals surface area contributed by atoms with E-state index >= 15 is 0 Å². The van der Waals surface area contributed by atoms with Crippen LogP contribution < -0.4 is 15.5 Å². The van der Waals surface area contributed by atoms with Crippen LogP contribution in [0.25, 0.3) is 0 Å². The number of rotatable bonds is 8. The number of benzene rings is 2. The molecule has 0 saturated carbocycles. The van der Waals surface area contributed by atoms with Crippen molar-refractivity contribution in [3.05, 3.63) is 76.0 Å². The third-order valence-electron chi connectivity index (χ3n) is 5.62. The molecule has 2 N–H and O–H groups in total. The first-order chi connectivity index (χ1) is 17.4. The molecule has 0 spiro atoms. The van der Waals surface area contributed by atoms with Gasteiger partial charge in [-0.25, -0.2) is 0 Å². The molecule has 0 fully saturated rings. The van der Waals surface area contributed by atoms with Gasteiger partial charge in [0.2, 0.25) is 17.7 Å². The van der Waals surface area contributed by atoms with Gasteiger partial charge in [0.15, 0.2) is 5.82 Å². The maximum absolute atomic E-state index is 13.9. The molecule has 37 heavy (non-hydrogen) atoms. The molecule has 0 bridgehead atoms. The Balaban J connectivity index is 2.03. The van der Waals surface area contributed by atoms with E-state index in [0.29, 0.717) is 22.0 Å². The average Bonchev–Trinajstić information content (AvgIpc) is 3.20. The predicted molar refractivity (Wildman–Crippen MR) is 145 cm³/mol. The molecule has 9 heteroatoms. The Morgan fingerprint density at radius 1 is 1.00 bits per heavy atom. The van der Waals surface area contributed by atoms with Gasteiger partial charge in [-0.15, -0.1) is 0 Å². The van der Waals surface area contributed by atoms with Gasteiger partial charge in [0.05, 0.1) is 5.69 Å². The van der Waals surface area contributed by atoms with Crippen LogP contribution in [-0.2, 0) is 14.4 Å². The van der Waals surface area contributed by atoms with Crippen LogP contribution in [0.5, 0.6) is 0 Å². The summed E-state index contributed by atoms with van der Waals surface area (Å²) in [6, 6.07) is 13.2. The number of carbonyl (C=O) groups excluding carboxylic acids is 3. The van der Waals surface area contributed by atoms with E-state index in [9.17, 15) is 14.4 Å². The first kappa shape index (κ1) is 27.9. The standard InChI is InChI=1S/C28H33ClN4O4/c1-17-10-9-11-18(2)25(17)33(24(35)15-14-23(34)30-22-16-19(3)37-32-22)26(27(36)31-28(4,5)6)20-12-7-8-13-21(20)29/h7-13,16,26H,14-15H2,1-6H3,(H,31,36)(H,30,32,34). The lowest BCUT2D eigenvalue weighted by Gasteiger charge is -2.35. The Morgan fingerprint density at radius 2 is 1.65 bits per heavy atom. The van der Waals surface area contributed by atoms with Crippen LogP contribution in [0.4, 0.5) is 11.5 Å². The average molecular weight is 525 g/mol. The number of aryl methyl sites for hydroxylation is 3. The highest BCUT2D eigenvalue weighted by Crippen LogP contribution is 2.36. The van der Waals surface area contributed by atoms with Gasteiger partial charge in [-0.05, 0) is 58.7 Å². The normalized spacial score (nSPS) is 12.1. The molecule has 0 aliphatic heterocycles.